The van der Waals surface area contributed by atoms with Gasteiger partial charge in [-0.25, -0.2) is 14.2 Å². The number of imidazole rings is 1. The summed E-state index contributed by atoms with van der Waals surface area (Å²) in [5, 5.41) is 7.86. The van der Waals surface area contributed by atoms with E-state index >= 15 is 0 Å². The van der Waals surface area contributed by atoms with Crippen LogP contribution >= 0.6 is 0 Å². The Morgan fingerprint density at radius 3 is 2.27 bits per heavy atom. The maximum atomic E-state index is 14.4. The predicted molar refractivity (Wildman–Crippen MR) is 145 cm³/mol. The van der Waals surface area contributed by atoms with Crippen molar-refractivity contribution >= 4 is 12.0 Å². The highest BCUT2D eigenvalue weighted by Gasteiger charge is 2.39. The van der Waals surface area contributed by atoms with Crippen molar-refractivity contribution in [1.82, 2.24) is 25.1 Å². The van der Waals surface area contributed by atoms with Gasteiger partial charge in [-0.2, -0.15) is 36.5 Å². The number of carbonyl (C=O) groups is 1. The Hall–Kier alpha value is -4.75. The smallest absolute Gasteiger partial charge is 0.417 e. The number of nitrogens with one attached hydrogen (secondary N) is 1. The Morgan fingerprint density at radius 2 is 1.66 bits per heavy atom. The molecule has 44 heavy (non-hydrogen) atoms. The molecule has 0 saturated heterocycles. The second-order valence-electron chi connectivity index (χ2n) is 10.9. The van der Waals surface area contributed by atoms with Crippen molar-refractivity contribution in [3.05, 3.63) is 94.8 Å². The van der Waals surface area contributed by atoms with Gasteiger partial charge in [0.05, 0.1) is 46.0 Å². The fourth-order valence-electron chi connectivity index (χ4n) is 4.63. The minimum atomic E-state index is -5.11. The van der Waals surface area contributed by atoms with Gasteiger partial charge in [0.1, 0.15) is 17.2 Å². The van der Waals surface area contributed by atoms with Crippen LogP contribution in [-0.2, 0) is 28.4 Å². The van der Waals surface area contributed by atoms with Gasteiger partial charge in [0.15, 0.2) is 6.04 Å². The first-order valence-electron chi connectivity index (χ1n) is 13.1. The van der Waals surface area contributed by atoms with Gasteiger partial charge in [0.25, 0.3) is 0 Å². The molecule has 0 saturated carbocycles. The van der Waals surface area contributed by atoms with Crippen LogP contribution in [0.15, 0.2) is 60.8 Å². The maximum Gasteiger partial charge on any atom is 0.417 e. The van der Waals surface area contributed by atoms with Gasteiger partial charge in [0, 0.05) is 11.8 Å². The molecule has 1 N–H and O–H groups in total. The number of benzene rings is 2. The quantitative estimate of drug-likeness (QED) is 0.183. The summed E-state index contributed by atoms with van der Waals surface area (Å²) < 4.78 is 101. The molecule has 3 heterocycles. The summed E-state index contributed by atoms with van der Waals surface area (Å²) in [7, 11) is 0. The molecular formula is C30H24F7N5O2. The molecule has 1 unspecified atom stereocenters. The summed E-state index contributed by atoms with van der Waals surface area (Å²) in [6.07, 6.45) is -6.92. The average molecular weight is 620 g/mol. The van der Waals surface area contributed by atoms with Crippen LogP contribution in [0, 0.1) is 5.82 Å². The molecule has 0 amide bonds. The van der Waals surface area contributed by atoms with Crippen molar-refractivity contribution in [2.24, 2.45) is 0 Å². The van der Waals surface area contributed by atoms with Gasteiger partial charge in [-0.3, -0.25) is 0 Å². The van der Waals surface area contributed by atoms with Crippen LogP contribution in [0.1, 0.15) is 55.0 Å². The molecular weight excluding hydrogens is 595 g/mol. The van der Waals surface area contributed by atoms with Crippen molar-refractivity contribution in [1.29, 1.82) is 0 Å². The fraction of sp³-hybridized carbons (Fsp3) is 0.267. The van der Waals surface area contributed by atoms with Gasteiger partial charge in [0.2, 0.25) is 0 Å². The van der Waals surface area contributed by atoms with Crippen LogP contribution in [0.2, 0.25) is 0 Å². The van der Waals surface area contributed by atoms with Crippen LogP contribution in [0.4, 0.5) is 30.7 Å². The van der Waals surface area contributed by atoms with Crippen molar-refractivity contribution in [3.63, 3.8) is 0 Å². The Balaban J connectivity index is 1.50. The van der Waals surface area contributed by atoms with E-state index in [0.29, 0.717) is 23.5 Å². The predicted octanol–water partition coefficient (Wildman–Crippen LogP) is 7.58. The molecule has 14 heteroatoms. The molecule has 7 nitrogen and oxygen atoms in total. The Labute approximate surface area is 246 Å². The number of nitrogens with zero attached hydrogens (tertiary/aromatic N) is 4. The number of aromatic nitrogens is 4. The van der Waals surface area contributed by atoms with Gasteiger partial charge in [-0.1, -0.05) is 18.2 Å². The molecule has 4 aromatic rings. The van der Waals surface area contributed by atoms with Crippen molar-refractivity contribution in [2.45, 2.75) is 51.3 Å². The summed E-state index contributed by atoms with van der Waals surface area (Å²) in [4.78, 5) is 22.5. The monoisotopic (exact) mass is 619 g/mol. The van der Waals surface area contributed by atoms with E-state index in [9.17, 15) is 35.5 Å². The number of hydrogen-bond donors (Lipinski definition) is 1. The van der Waals surface area contributed by atoms with E-state index in [-0.39, 0.29) is 35.4 Å². The number of H-pyrrole nitrogens is 1. The highest BCUT2D eigenvalue weighted by Crippen LogP contribution is 2.41. The fourth-order valence-corrected chi connectivity index (χ4v) is 4.63. The average Bonchev–Trinajstić information content (AvgIpc) is 3.35. The lowest BCUT2D eigenvalue weighted by molar-refractivity contribution is -0.161. The normalized spacial score (nSPS) is 14.4. The third-order valence-electron chi connectivity index (χ3n) is 6.56. The third kappa shape index (κ3) is 6.43. The van der Waals surface area contributed by atoms with Gasteiger partial charge < -0.3 is 14.6 Å². The lowest BCUT2D eigenvalue weighted by Gasteiger charge is -2.32. The van der Waals surface area contributed by atoms with Crippen LogP contribution in [-0.4, -0.2) is 36.6 Å². The van der Waals surface area contributed by atoms with Crippen molar-refractivity contribution in [2.75, 3.05) is 0 Å². The zero-order chi connectivity index (χ0) is 32.0. The number of ether oxygens (including phenoxy) is 1. The molecule has 2 aromatic heterocycles. The highest BCUT2D eigenvalue weighted by molar-refractivity contribution is 5.78. The Kier molecular flexibility index (Phi) is 7.72. The highest BCUT2D eigenvalue weighted by atomic mass is 19.4. The van der Waals surface area contributed by atoms with Crippen LogP contribution < -0.4 is 0 Å². The first kappa shape index (κ1) is 30.7. The summed E-state index contributed by atoms with van der Waals surface area (Å²) in [5.74, 6) is -0.958. The second kappa shape index (κ2) is 11.1. The number of esters is 1. The Morgan fingerprint density at radius 1 is 0.932 bits per heavy atom. The largest absolute Gasteiger partial charge is 0.458 e. The zero-order valence-corrected chi connectivity index (χ0v) is 23.4. The topological polar surface area (TPSA) is 84.0 Å². The second-order valence-corrected chi connectivity index (χ2v) is 10.9. The van der Waals surface area contributed by atoms with Gasteiger partial charge in [-0.05, 0) is 63.2 Å². The molecule has 0 spiro atoms. The minimum Gasteiger partial charge on any atom is -0.458 e. The molecule has 230 valence electrons. The summed E-state index contributed by atoms with van der Waals surface area (Å²) in [6, 6.07) is 8.44. The SMILES string of the molecule is CC(C)(C)OC(=O)C(c1ccc(-c2ccc(C(F)(F)F)cc2C(F)(F)F)nn1)N1C=Cc2[nH]c(-c3ccccc3F)nc2C1. The summed E-state index contributed by atoms with van der Waals surface area (Å²) in [5.41, 5.74) is -3.58. The molecule has 2 aromatic carbocycles. The summed E-state index contributed by atoms with van der Waals surface area (Å²) in [6.45, 7) is 5.00. The van der Waals surface area contributed by atoms with Crippen LogP contribution in [0.3, 0.4) is 0 Å². The van der Waals surface area contributed by atoms with Crippen molar-refractivity contribution < 1.29 is 40.3 Å². The molecule has 0 fully saturated rings. The van der Waals surface area contributed by atoms with E-state index < -0.39 is 52.5 Å². The maximum absolute atomic E-state index is 14.4. The molecule has 1 aliphatic rings. The number of aromatic amines is 1. The number of hydrogen-bond acceptors (Lipinski definition) is 6. The van der Waals surface area contributed by atoms with E-state index in [0.717, 1.165) is 6.07 Å². The first-order chi connectivity index (χ1) is 20.5. The third-order valence-corrected chi connectivity index (χ3v) is 6.56. The van der Waals surface area contributed by atoms with E-state index in [4.69, 9.17) is 4.74 Å². The van der Waals surface area contributed by atoms with Gasteiger partial charge >= 0.3 is 18.3 Å². The number of halogens is 7. The molecule has 0 aliphatic carbocycles. The molecule has 5 rings (SSSR count). The Bertz CT molecular complexity index is 1720. The summed E-state index contributed by atoms with van der Waals surface area (Å²) >= 11 is 0. The van der Waals surface area contributed by atoms with E-state index in [1.807, 2.05) is 0 Å². The van der Waals surface area contributed by atoms with E-state index in [1.54, 1.807) is 51.2 Å². The van der Waals surface area contributed by atoms with E-state index in [1.165, 1.54) is 17.0 Å². The number of rotatable bonds is 5. The number of carbonyl (C=O) groups excluding carboxylic acids is 1. The first-order valence-corrected chi connectivity index (χ1v) is 13.1. The van der Waals surface area contributed by atoms with Crippen molar-refractivity contribution in [3.8, 4) is 22.6 Å². The lowest BCUT2D eigenvalue weighted by atomic mass is 10.00. The molecule has 0 radical (unpaired) electrons. The van der Waals surface area contributed by atoms with Gasteiger partial charge in [-0.15, -0.1) is 0 Å². The van der Waals surface area contributed by atoms with E-state index in [2.05, 4.69) is 20.2 Å². The number of alkyl halides is 6. The number of fused-ring (bicyclic) bond motifs is 1. The minimum absolute atomic E-state index is 0.00133. The lowest BCUT2D eigenvalue weighted by Crippen LogP contribution is -2.37. The van der Waals surface area contributed by atoms with Crippen LogP contribution in [0.5, 0.6) is 0 Å². The molecule has 1 atom stereocenters. The zero-order valence-electron chi connectivity index (χ0n) is 23.4. The standard InChI is InChI=1S/C30H24F7N5O2/c1-28(2,3)44-27(43)25(42-13-12-22-24(15-42)39-26(38-22)18-6-4-5-7-20(18)31)23-11-10-21(40-41-23)17-9-8-16(29(32,33)34)14-19(17)30(35,36)37/h4-14,25H,15H2,1-3H3,(H,38,39). The molecule has 0 bridgehead atoms. The molecule has 1 aliphatic heterocycles. The van der Waals surface area contributed by atoms with Crippen LogP contribution in [0.25, 0.3) is 28.7 Å².